The van der Waals surface area contributed by atoms with Crippen molar-refractivity contribution in [1.82, 2.24) is 10.6 Å². The molecule has 0 radical (unpaired) electrons. The molecular weight excluding hydrogens is 1390 g/mol. The molecule has 0 spiro atoms. The second-order valence-electron chi connectivity index (χ2n) is 29.6. The number of ether oxygens (including phenoxy) is 10. The molecule has 0 aromatic heterocycles. The summed E-state index contributed by atoms with van der Waals surface area (Å²) in [5, 5.41) is 183. The Bertz CT molecular complexity index is 2340. The molecule has 2 amide bonds. The van der Waals surface area contributed by atoms with Gasteiger partial charge in [-0.2, -0.15) is 0 Å². The summed E-state index contributed by atoms with van der Waals surface area (Å²) in [4.78, 5) is 25.7. The summed E-state index contributed by atoms with van der Waals surface area (Å²) in [7, 11) is 0. The van der Waals surface area contributed by atoms with Gasteiger partial charge in [-0.1, -0.05) is 205 Å². The van der Waals surface area contributed by atoms with E-state index in [1.807, 2.05) is 6.08 Å². The van der Waals surface area contributed by atoms with Crippen molar-refractivity contribution in [3.05, 3.63) is 24.3 Å². The summed E-state index contributed by atoms with van der Waals surface area (Å²) >= 11 is 0. The third kappa shape index (κ3) is 31.4. The lowest BCUT2D eigenvalue weighted by Crippen LogP contribution is -2.69. The zero-order chi connectivity index (χ0) is 77.3. The fourth-order valence-corrected chi connectivity index (χ4v) is 14.3. The maximum atomic E-state index is 13.5. The Morgan fingerprint density at radius 2 is 0.698 bits per heavy atom. The van der Waals surface area contributed by atoms with E-state index in [0.717, 1.165) is 58.3 Å². The smallest absolute Gasteiger partial charge is 0.220 e. The van der Waals surface area contributed by atoms with Crippen LogP contribution in [0.15, 0.2) is 24.3 Å². The minimum absolute atomic E-state index is 0.188. The average Bonchev–Trinajstić information content (AvgIpc) is 0.775. The van der Waals surface area contributed by atoms with Gasteiger partial charge in [-0.25, -0.2) is 0 Å². The number of aliphatic hydroxyl groups excluding tert-OH is 16. The molecule has 0 aliphatic carbocycles. The highest BCUT2D eigenvalue weighted by molar-refractivity contribution is 5.76. The van der Waals surface area contributed by atoms with Crippen LogP contribution in [-0.4, -0.2) is 299 Å². The first-order valence-corrected chi connectivity index (χ1v) is 40.1. The number of aliphatic hydroxyl groups is 16. The summed E-state index contributed by atoms with van der Waals surface area (Å²) in [6.07, 6.45) is 0.251. The van der Waals surface area contributed by atoms with E-state index in [1.54, 1.807) is 6.08 Å². The zero-order valence-corrected chi connectivity index (χ0v) is 63.2. The Morgan fingerprint density at radius 1 is 0.368 bits per heavy atom. The predicted octanol–water partition coefficient (Wildman–Crippen LogP) is 2.50. The number of nitrogens with one attached hydrogen (secondary N) is 2. The second-order valence-corrected chi connectivity index (χ2v) is 29.6. The first-order chi connectivity index (χ1) is 51.2. The topological polar surface area (TPSA) is 474 Å². The number of unbranched alkanes of at least 4 members (excludes halogenated alkanes) is 30. The molecule has 5 aliphatic heterocycles. The van der Waals surface area contributed by atoms with E-state index in [4.69, 9.17) is 47.4 Å². The van der Waals surface area contributed by atoms with Crippen LogP contribution < -0.4 is 10.6 Å². The third-order valence-electron chi connectivity index (χ3n) is 20.9. The Hall–Kier alpha value is -2.62. The van der Waals surface area contributed by atoms with Crippen LogP contribution in [0.2, 0.25) is 0 Å². The highest BCUT2D eigenvalue weighted by Crippen LogP contribution is 2.37. The largest absolute Gasteiger partial charge is 0.394 e. The van der Waals surface area contributed by atoms with Gasteiger partial charge in [-0.15, -0.1) is 0 Å². The Kier molecular flexibility index (Phi) is 47.3. The Labute approximate surface area is 627 Å². The van der Waals surface area contributed by atoms with Crippen molar-refractivity contribution in [2.24, 2.45) is 0 Å². The van der Waals surface area contributed by atoms with Gasteiger partial charge in [-0.3, -0.25) is 9.59 Å². The van der Waals surface area contributed by atoms with Crippen molar-refractivity contribution in [3.63, 3.8) is 0 Å². The number of hydrogen-bond donors (Lipinski definition) is 18. The first kappa shape index (κ1) is 94.0. The molecule has 0 aromatic rings. The molecule has 30 heteroatoms. The lowest BCUT2D eigenvalue weighted by atomic mass is 9.94. The van der Waals surface area contributed by atoms with Crippen LogP contribution in [-0.2, 0) is 57.0 Å². The minimum Gasteiger partial charge on any atom is -0.394 e. The molecule has 5 rings (SSSR count). The summed E-state index contributed by atoms with van der Waals surface area (Å²) in [5.74, 6) is -1.07. The second kappa shape index (κ2) is 53.4. The average molecular weight is 1530 g/mol. The van der Waals surface area contributed by atoms with Crippen LogP contribution in [0.3, 0.4) is 0 Å². The summed E-state index contributed by atoms with van der Waals surface area (Å²) in [6, 6.07) is -2.63. The number of amides is 2. The van der Waals surface area contributed by atoms with E-state index in [0.29, 0.717) is 12.8 Å². The van der Waals surface area contributed by atoms with Gasteiger partial charge < -0.3 is 140 Å². The number of allylic oxidation sites excluding steroid dienone is 3. The van der Waals surface area contributed by atoms with Gasteiger partial charge in [-0.05, 0) is 44.9 Å². The van der Waals surface area contributed by atoms with Crippen molar-refractivity contribution in [2.45, 2.75) is 405 Å². The molecule has 27 atom stereocenters. The van der Waals surface area contributed by atoms with Gasteiger partial charge in [0.25, 0.3) is 0 Å². The molecule has 0 aromatic carbocycles. The number of carbonyl (C=O) groups excluding carboxylic acids is 2. The van der Waals surface area contributed by atoms with Crippen LogP contribution >= 0.6 is 0 Å². The van der Waals surface area contributed by atoms with Gasteiger partial charge in [0.05, 0.1) is 51.8 Å². The normalized spacial score (nSPS) is 34.4. The first-order valence-electron chi connectivity index (χ1n) is 40.1. The van der Waals surface area contributed by atoms with Crippen molar-refractivity contribution >= 4 is 11.8 Å². The molecule has 5 heterocycles. The molecule has 10 unspecified atom stereocenters. The van der Waals surface area contributed by atoms with E-state index in [-0.39, 0.29) is 12.3 Å². The lowest BCUT2D eigenvalue weighted by molar-refractivity contribution is -0.394. The van der Waals surface area contributed by atoms with E-state index in [2.05, 4.69) is 36.6 Å². The molecule has 5 fully saturated rings. The maximum absolute atomic E-state index is 13.5. The fourth-order valence-electron chi connectivity index (χ4n) is 14.3. The lowest BCUT2D eigenvalue weighted by Gasteiger charge is -2.50. The van der Waals surface area contributed by atoms with Crippen molar-refractivity contribution in [3.8, 4) is 0 Å². The molecule has 0 bridgehead atoms. The standard InChI is InChI=1S/C76H138N2O28/c1-4-6-8-10-12-14-16-18-19-20-21-22-23-24-25-26-27-29-31-33-35-37-39-41-56(86)78-49(50(85)40-38-36-34-32-30-28-17-15-13-11-9-7-5-2)47-97-73-64(93)63(92)68(55(46-83)102-73)103-74-66(95)70(60(89)53(44-81)99-74)105-76-67(96)71(61(90)54(45-82)101-76)106-75-65(94)69(59(88)52(43-80)100-75)104-72-57(77-48(3)84)62(91)58(87)51(42-79)98-72/h18-19,38,40,49-55,57-76,79-83,85,87-96H,4-17,20-37,39,41-47H2,1-3H3,(H,77,84)(H,78,86)/b19-18-,40-38+/t49-,50+,51?,52?,53?,54?,55?,57?,58-,59-,60-,61-,62+,63+,64?,65?,66?,67?,68+,69-,70-,71-,72-,73+,74-,75+,76+/m0/s1. The zero-order valence-electron chi connectivity index (χ0n) is 63.2. The molecule has 30 nitrogen and oxygen atoms in total. The highest BCUT2D eigenvalue weighted by Gasteiger charge is 2.57. The Morgan fingerprint density at radius 3 is 1.08 bits per heavy atom. The molecular formula is C76H138N2O28. The Balaban J connectivity index is 1.15. The fraction of sp³-hybridized carbons (Fsp3) is 0.921. The van der Waals surface area contributed by atoms with Crippen LogP contribution in [0.5, 0.6) is 0 Å². The van der Waals surface area contributed by atoms with Crippen LogP contribution in [0.25, 0.3) is 0 Å². The highest BCUT2D eigenvalue weighted by atomic mass is 16.8. The maximum Gasteiger partial charge on any atom is 0.220 e. The molecule has 106 heavy (non-hydrogen) atoms. The quantitative estimate of drug-likeness (QED) is 0.0307. The molecule has 5 saturated heterocycles. The van der Waals surface area contributed by atoms with Gasteiger partial charge in [0.2, 0.25) is 11.8 Å². The molecule has 620 valence electrons. The third-order valence-corrected chi connectivity index (χ3v) is 20.9. The van der Waals surface area contributed by atoms with Gasteiger partial charge in [0, 0.05) is 13.3 Å². The number of rotatable bonds is 55. The van der Waals surface area contributed by atoms with E-state index >= 15 is 0 Å². The van der Waals surface area contributed by atoms with Gasteiger partial charge in [0.1, 0.15) is 122 Å². The summed E-state index contributed by atoms with van der Waals surface area (Å²) in [6.45, 7) is 0.351. The van der Waals surface area contributed by atoms with Crippen LogP contribution in [0.4, 0.5) is 0 Å². The molecule has 18 N–H and O–H groups in total. The predicted molar refractivity (Wildman–Crippen MR) is 386 cm³/mol. The van der Waals surface area contributed by atoms with Crippen molar-refractivity contribution in [1.29, 1.82) is 0 Å². The SMILES string of the molecule is CCCCCCCC/C=C\CCCCCCCCCCCCCCCC(=O)N[C@@H](CO[C@@H]1OC(CO)[C@@H](O[C@@H]2OC(CO)[C@H](O)[C@H](O[C@H]3OC(CO)[C@H](O)[C@H](O[C@H]4OC(CO)[C@H](O)[C@H](O[C@@H]5OC(CO)[C@H](O)[C@H](O)C5NC(C)=O)C4O)C3O)C2O)[C@H](O)C1O)[C@H](O)/C=C/CCCCCCCCCCCCC. The van der Waals surface area contributed by atoms with Crippen molar-refractivity contribution < 1.29 is 139 Å². The monoisotopic (exact) mass is 1530 g/mol. The van der Waals surface area contributed by atoms with E-state index in [1.165, 1.54) is 148 Å². The minimum atomic E-state index is -2.23. The molecule has 0 saturated carbocycles. The van der Waals surface area contributed by atoms with Gasteiger partial charge in [0.15, 0.2) is 31.5 Å². The summed E-state index contributed by atoms with van der Waals surface area (Å²) in [5.41, 5.74) is 0. The molecule has 5 aliphatic rings. The van der Waals surface area contributed by atoms with E-state index in [9.17, 15) is 91.3 Å². The number of hydrogen-bond acceptors (Lipinski definition) is 28. The number of carbonyl (C=O) groups is 2. The van der Waals surface area contributed by atoms with Crippen molar-refractivity contribution in [2.75, 3.05) is 39.6 Å². The van der Waals surface area contributed by atoms with Crippen LogP contribution in [0, 0.1) is 0 Å². The van der Waals surface area contributed by atoms with E-state index < -0.39 is 211 Å². The van der Waals surface area contributed by atoms with Gasteiger partial charge >= 0.3 is 0 Å². The summed E-state index contributed by atoms with van der Waals surface area (Å²) < 4.78 is 58.2. The van der Waals surface area contributed by atoms with Crippen LogP contribution in [0.1, 0.15) is 239 Å².